The molecule has 5 nitrogen and oxygen atoms in total. The van der Waals surface area contributed by atoms with Gasteiger partial charge in [-0.3, -0.25) is 4.79 Å². The Balaban J connectivity index is 2.12. The summed E-state index contributed by atoms with van der Waals surface area (Å²) >= 11 is 6.11. The number of nitrogens with two attached hydrogens (primary N) is 1. The number of alkyl carbamates (subject to hydrolysis) is 1. The Bertz CT molecular complexity index is 706. The van der Waals surface area contributed by atoms with Crippen LogP contribution in [-0.4, -0.2) is 12.0 Å². The van der Waals surface area contributed by atoms with Crippen LogP contribution in [0, 0.1) is 0 Å². The number of nitrogens with one attached hydrogen (secondary N) is 1. The predicted octanol–water partition coefficient (Wildman–Crippen LogP) is 2.97. The fourth-order valence-electron chi connectivity index (χ4n) is 2.09. The second kappa shape index (κ2) is 7.15. The molecule has 0 heterocycles. The molecule has 0 aliphatic rings. The first-order valence-corrected chi connectivity index (χ1v) is 7.35. The SMILES string of the molecule is C[C@](NC(=O)OCc1ccccc1)(C(N)=O)c1ccccc1Cl. The van der Waals surface area contributed by atoms with Gasteiger partial charge in [0.25, 0.3) is 0 Å². The maximum absolute atomic E-state index is 12.0. The van der Waals surface area contributed by atoms with Gasteiger partial charge in [0.2, 0.25) is 5.91 Å². The van der Waals surface area contributed by atoms with Crippen LogP contribution < -0.4 is 11.1 Å². The molecule has 0 aliphatic carbocycles. The van der Waals surface area contributed by atoms with Crippen LogP contribution in [0.1, 0.15) is 18.1 Å². The van der Waals surface area contributed by atoms with Gasteiger partial charge in [0.1, 0.15) is 12.1 Å². The van der Waals surface area contributed by atoms with E-state index in [1.54, 1.807) is 24.3 Å². The highest BCUT2D eigenvalue weighted by Gasteiger charge is 2.37. The summed E-state index contributed by atoms with van der Waals surface area (Å²) in [5, 5.41) is 2.83. The molecule has 120 valence electrons. The molecule has 3 N–H and O–H groups in total. The molecule has 0 spiro atoms. The van der Waals surface area contributed by atoms with E-state index in [-0.39, 0.29) is 6.61 Å². The molecule has 0 aliphatic heterocycles. The molecule has 0 fully saturated rings. The van der Waals surface area contributed by atoms with Crippen LogP contribution in [0.2, 0.25) is 5.02 Å². The number of primary amides is 1. The molecular weight excluding hydrogens is 316 g/mol. The average molecular weight is 333 g/mol. The van der Waals surface area contributed by atoms with Gasteiger partial charge in [-0.1, -0.05) is 60.1 Å². The minimum absolute atomic E-state index is 0.0873. The van der Waals surface area contributed by atoms with Gasteiger partial charge in [-0.2, -0.15) is 0 Å². The smallest absolute Gasteiger partial charge is 0.408 e. The van der Waals surface area contributed by atoms with E-state index >= 15 is 0 Å². The quantitative estimate of drug-likeness (QED) is 0.883. The summed E-state index contributed by atoms with van der Waals surface area (Å²) < 4.78 is 5.13. The van der Waals surface area contributed by atoms with E-state index in [0.29, 0.717) is 10.6 Å². The Morgan fingerprint density at radius 3 is 2.35 bits per heavy atom. The highest BCUT2D eigenvalue weighted by atomic mass is 35.5. The van der Waals surface area contributed by atoms with Gasteiger partial charge in [-0.25, -0.2) is 4.79 Å². The number of halogens is 1. The number of carbonyl (C=O) groups excluding carboxylic acids is 2. The van der Waals surface area contributed by atoms with Crippen LogP contribution >= 0.6 is 11.6 Å². The van der Waals surface area contributed by atoms with E-state index in [9.17, 15) is 9.59 Å². The fourth-order valence-corrected chi connectivity index (χ4v) is 2.42. The Labute approximate surface area is 139 Å². The van der Waals surface area contributed by atoms with Gasteiger partial charge in [0.15, 0.2) is 0 Å². The molecule has 0 radical (unpaired) electrons. The summed E-state index contributed by atoms with van der Waals surface area (Å²) in [7, 11) is 0. The molecule has 2 aromatic carbocycles. The molecule has 0 bridgehead atoms. The van der Waals surface area contributed by atoms with E-state index in [2.05, 4.69) is 5.32 Å². The number of amides is 2. The molecule has 0 unspecified atom stereocenters. The normalized spacial score (nSPS) is 13.0. The summed E-state index contributed by atoms with van der Waals surface area (Å²) in [6.45, 7) is 1.57. The van der Waals surface area contributed by atoms with Gasteiger partial charge in [-0.05, 0) is 18.6 Å². The van der Waals surface area contributed by atoms with Crippen molar-refractivity contribution in [2.24, 2.45) is 5.73 Å². The molecule has 1 atom stereocenters. The van der Waals surface area contributed by atoms with E-state index in [0.717, 1.165) is 5.56 Å². The molecule has 2 amide bonds. The molecule has 2 aromatic rings. The zero-order valence-corrected chi connectivity index (χ0v) is 13.3. The van der Waals surface area contributed by atoms with Crippen molar-refractivity contribution in [3.05, 3.63) is 70.7 Å². The largest absolute Gasteiger partial charge is 0.445 e. The lowest BCUT2D eigenvalue weighted by Gasteiger charge is -2.28. The van der Waals surface area contributed by atoms with E-state index in [1.165, 1.54) is 6.92 Å². The van der Waals surface area contributed by atoms with Crippen LogP contribution in [0.5, 0.6) is 0 Å². The first kappa shape index (κ1) is 16.8. The minimum Gasteiger partial charge on any atom is -0.445 e. The van der Waals surface area contributed by atoms with Crippen molar-refractivity contribution in [3.8, 4) is 0 Å². The fraction of sp³-hybridized carbons (Fsp3) is 0.176. The number of carbonyl (C=O) groups is 2. The lowest BCUT2D eigenvalue weighted by molar-refractivity contribution is -0.124. The summed E-state index contributed by atoms with van der Waals surface area (Å²) in [6, 6.07) is 15.9. The van der Waals surface area contributed by atoms with Crippen molar-refractivity contribution in [1.29, 1.82) is 0 Å². The molecular formula is C17H17ClN2O3. The van der Waals surface area contributed by atoms with E-state index in [4.69, 9.17) is 22.1 Å². The van der Waals surface area contributed by atoms with Crippen molar-refractivity contribution < 1.29 is 14.3 Å². The zero-order chi connectivity index (χ0) is 16.9. The highest BCUT2D eigenvalue weighted by molar-refractivity contribution is 6.31. The third-order valence-corrected chi connectivity index (χ3v) is 3.80. The van der Waals surface area contributed by atoms with Crippen LogP contribution in [0.25, 0.3) is 0 Å². The third-order valence-electron chi connectivity index (χ3n) is 3.47. The monoisotopic (exact) mass is 332 g/mol. The van der Waals surface area contributed by atoms with Gasteiger partial charge in [-0.15, -0.1) is 0 Å². The number of benzene rings is 2. The van der Waals surface area contributed by atoms with Crippen LogP contribution in [0.15, 0.2) is 54.6 Å². The second-order valence-electron chi connectivity index (χ2n) is 5.16. The Kier molecular flexibility index (Phi) is 5.24. The van der Waals surface area contributed by atoms with Gasteiger partial charge in [0.05, 0.1) is 0 Å². The zero-order valence-electron chi connectivity index (χ0n) is 12.6. The first-order valence-electron chi connectivity index (χ1n) is 6.97. The van der Waals surface area contributed by atoms with Crippen LogP contribution in [-0.2, 0) is 21.7 Å². The number of hydrogen-bond donors (Lipinski definition) is 2. The minimum atomic E-state index is -1.47. The lowest BCUT2D eigenvalue weighted by atomic mass is 9.91. The van der Waals surface area contributed by atoms with Gasteiger partial charge >= 0.3 is 6.09 Å². The number of ether oxygens (including phenoxy) is 1. The molecule has 6 heteroatoms. The second-order valence-corrected chi connectivity index (χ2v) is 5.56. The third kappa shape index (κ3) is 4.02. The van der Waals surface area contributed by atoms with Crippen molar-refractivity contribution in [3.63, 3.8) is 0 Å². The number of rotatable bonds is 5. The van der Waals surface area contributed by atoms with Crippen molar-refractivity contribution in [2.45, 2.75) is 19.1 Å². The maximum Gasteiger partial charge on any atom is 0.408 e. The first-order chi connectivity index (χ1) is 10.9. The summed E-state index contributed by atoms with van der Waals surface area (Å²) in [5.74, 6) is -0.734. The molecule has 0 aromatic heterocycles. The summed E-state index contributed by atoms with van der Waals surface area (Å²) in [5.41, 5.74) is 5.24. The molecule has 2 rings (SSSR count). The van der Waals surface area contributed by atoms with Crippen molar-refractivity contribution in [1.82, 2.24) is 5.32 Å². The standard InChI is InChI=1S/C17H17ClN2O3/c1-17(15(19)21,13-9-5-6-10-14(13)18)20-16(22)23-11-12-7-3-2-4-8-12/h2-10H,11H2,1H3,(H2,19,21)(H,20,22)/t17-/m1/s1. The lowest BCUT2D eigenvalue weighted by Crippen LogP contribution is -2.53. The summed E-state index contributed by atoms with van der Waals surface area (Å²) in [4.78, 5) is 23.9. The van der Waals surface area contributed by atoms with E-state index < -0.39 is 17.5 Å². The Morgan fingerprint density at radius 2 is 1.74 bits per heavy atom. The summed E-state index contributed by atoms with van der Waals surface area (Å²) in [6.07, 6.45) is -0.755. The average Bonchev–Trinajstić information content (AvgIpc) is 2.54. The molecule has 0 saturated heterocycles. The number of hydrogen-bond acceptors (Lipinski definition) is 3. The van der Waals surface area contributed by atoms with E-state index in [1.807, 2.05) is 30.3 Å². The Morgan fingerprint density at radius 1 is 1.13 bits per heavy atom. The van der Waals surface area contributed by atoms with Crippen molar-refractivity contribution in [2.75, 3.05) is 0 Å². The van der Waals surface area contributed by atoms with Crippen molar-refractivity contribution >= 4 is 23.6 Å². The van der Waals surface area contributed by atoms with Gasteiger partial charge in [0, 0.05) is 10.6 Å². The van der Waals surface area contributed by atoms with Crippen LogP contribution in [0.3, 0.4) is 0 Å². The van der Waals surface area contributed by atoms with Crippen LogP contribution in [0.4, 0.5) is 4.79 Å². The highest BCUT2D eigenvalue weighted by Crippen LogP contribution is 2.27. The molecule has 0 saturated carbocycles. The predicted molar refractivity (Wildman–Crippen MR) is 87.8 cm³/mol. The topological polar surface area (TPSA) is 81.4 Å². The maximum atomic E-state index is 12.0. The van der Waals surface area contributed by atoms with Gasteiger partial charge < -0.3 is 15.8 Å². The Hall–Kier alpha value is -2.53. The molecule has 23 heavy (non-hydrogen) atoms.